The van der Waals surface area contributed by atoms with Crippen LogP contribution in [0.15, 0.2) is 0 Å². The minimum absolute atomic E-state index is 0.0732. The van der Waals surface area contributed by atoms with E-state index in [1.165, 1.54) is 0 Å². The molecule has 2 N–H and O–H groups in total. The fourth-order valence-electron chi connectivity index (χ4n) is 1.87. The van der Waals surface area contributed by atoms with E-state index < -0.39 is 0 Å². The minimum atomic E-state index is 0.0732. The zero-order chi connectivity index (χ0) is 12.4. The molecule has 2 aromatic rings. The SMILES string of the molecule is CCn1nc(C)c2nc(C)nc(NCCO)c21. The molecule has 0 saturated heterocycles. The third-order valence-electron chi connectivity index (χ3n) is 2.57. The summed E-state index contributed by atoms with van der Waals surface area (Å²) in [4.78, 5) is 8.78. The lowest BCUT2D eigenvalue weighted by molar-refractivity contribution is 0.311. The molecule has 0 saturated carbocycles. The maximum atomic E-state index is 8.87. The van der Waals surface area contributed by atoms with E-state index in [0.29, 0.717) is 12.4 Å². The van der Waals surface area contributed by atoms with Gasteiger partial charge in [-0.25, -0.2) is 9.97 Å². The van der Waals surface area contributed by atoms with Crippen LogP contribution in [-0.2, 0) is 6.54 Å². The predicted octanol–water partition coefficient (Wildman–Crippen LogP) is 0.867. The van der Waals surface area contributed by atoms with Gasteiger partial charge < -0.3 is 10.4 Å². The fraction of sp³-hybridized carbons (Fsp3) is 0.545. The molecular formula is C11H17N5O. The van der Waals surface area contributed by atoms with Crippen molar-refractivity contribution in [2.75, 3.05) is 18.5 Å². The predicted molar refractivity (Wildman–Crippen MR) is 66.0 cm³/mol. The standard InChI is InChI=1S/C11H17N5O/c1-4-16-10-9(7(2)15-16)13-8(3)14-11(10)12-5-6-17/h17H,4-6H2,1-3H3,(H,12,13,14). The highest BCUT2D eigenvalue weighted by atomic mass is 16.3. The number of aliphatic hydroxyl groups is 1. The number of aryl methyl sites for hydroxylation is 3. The van der Waals surface area contributed by atoms with Crippen LogP contribution in [0.3, 0.4) is 0 Å². The van der Waals surface area contributed by atoms with E-state index in [9.17, 15) is 0 Å². The topological polar surface area (TPSA) is 75.9 Å². The van der Waals surface area contributed by atoms with E-state index in [0.717, 1.165) is 29.1 Å². The van der Waals surface area contributed by atoms with Crippen molar-refractivity contribution in [3.05, 3.63) is 11.5 Å². The minimum Gasteiger partial charge on any atom is -0.395 e. The van der Waals surface area contributed by atoms with Gasteiger partial charge in [0, 0.05) is 13.1 Å². The molecule has 0 aromatic carbocycles. The lowest BCUT2D eigenvalue weighted by Crippen LogP contribution is -2.10. The summed E-state index contributed by atoms with van der Waals surface area (Å²) in [7, 11) is 0. The lowest BCUT2D eigenvalue weighted by Gasteiger charge is -2.07. The summed E-state index contributed by atoms with van der Waals surface area (Å²) in [5.41, 5.74) is 2.68. The van der Waals surface area contributed by atoms with Crippen molar-refractivity contribution in [1.82, 2.24) is 19.7 Å². The Morgan fingerprint density at radius 1 is 1.29 bits per heavy atom. The summed E-state index contributed by atoms with van der Waals surface area (Å²) in [6.45, 7) is 7.14. The van der Waals surface area contributed by atoms with E-state index in [1.54, 1.807) is 0 Å². The number of hydrogen-bond acceptors (Lipinski definition) is 5. The first kappa shape index (κ1) is 11.8. The van der Waals surface area contributed by atoms with Crippen LogP contribution < -0.4 is 5.32 Å². The largest absolute Gasteiger partial charge is 0.395 e. The van der Waals surface area contributed by atoms with Crippen LogP contribution in [0.4, 0.5) is 5.82 Å². The van der Waals surface area contributed by atoms with E-state index in [4.69, 9.17) is 5.11 Å². The molecule has 2 aromatic heterocycles. The number of aromatic nitrogens is 4. The second kappa shape index (κ2) is 4.67. The van der Waals surface area contributed by atoms with Crippen molar-refractivity contribution in [3.8, 4) is 0 Å². The normalized spacial score (nSPS) is 11.1. The van der Waals surface area contributed by atoms with E-state index in [2.05, 4.69) is 20.4 Å². The molecule has 17 heavy (non-hydrogen) atoms. The second-order valence-corrected chi connectivity index (χ2v) is 3.87. The van der Waals surface area contributed by atoms with E-state index in [1.807, 2.05) is 25.5 Å². The molecule has 92 valence electrons. The molecule has 2 rings (SSSR count). The average Bonchev–Trinajstić information content (AvgIpc) is 2.63. The zero-order valence-corrected chi connectivity index (χ0v) is 10.4. The van der Waals surface area contributed by atoms with Crippen molar-refractivity contribution < 1.29 is 5.11 Å². The Kier molecular flexibility index (Phi) is 3.23. The number of aliphatic hydroxyl groups excluding tert-OH is 1. The highest BCUT2D eigenvalue weighted by Gasteiger charge is 2.14. The van der Waals surface area contributed by atoms with Gasteiger partial charge in [-0.15, -0.1) is 0 Å². The lowest BCUT2D eigenvalue weighted by atomic mass is 10.3. The Balaban J connectivity index is 2.62. The number of hydrogen-bond donors (Lipinski definition) is 2. The van der Waals surface area contributed by atoms with Gasteiger partial charge in [0.15, 0.2) is 5.82 Å². The Morgan fingerprint density at radius 2 is 2.06 bits per heavy atom. The first-order valence-corrected chi connectivity index (χ1v) is 5.73. The quantitative estimate of drug-likeness (QED) is 0.822. The van der Waals surface area contributed by atoms with Crippen molar-refractivity contribution in [1.29, 1.82) is 0 Å². The molecule has 0 aliphatic heterocycles. The van der Waals surface area contributed by atoms with Crippen molar-refractivity contribution in [2.45, 2.75) is 27.3 Å². The second-order valence-electron chi connectivity index (χ2n) is 3.87. The summed E-state index contributed by atoms with van der Waals surface area (Å²) < 4.78 is 1.88. The highest BCUT2D eigenvalue weighted by molar-refractivity contribution is 5.87. The van der Waals surface area contributed by atoms with Crippen molar-refractivity contribution in [2.24, 2.45) is 0 Å². The average molecular weight is 235 g/mol. The zero-order valence-electron chi connectivity index (χ0n) is 10.4. The summed E-state index contributed by atoms with van der Waals surface area (Å²) >= 11 is 0. The number of nitrogens with one attached hydrogen (secondary N) is 1. The molecular weight excluding hydrogens is 218 g/mol. The molecule has 2 heterocycles. The van der Waals surface area contributed by atoms with Gasteiger partial charge >= 0.3 is 0 Å². The number of fused-ring (bicyclic) bond motifs is 1. The summed E-state index contributed by atoms with van der Waals surface area (Å²) in [5, 5.41) is 16.4. The third kappa shape index (κ3) is 2.08. The van der Waals surface area contributed by atoms with Crippen LogP contribution in [-0.4, -0.2) is 38.0 Å². The first-order valence-electron chi connectivity index (χ1n) is 5.73. The molecule has 0 fully saturated rings. The molecule has 0 amide bonds. The summed E-state index contributed by atoms with van der Waals surface area (Å²) in [6.07, 6.45) is 0. The van der Waals surface area contributed by atoms with Crippen LogP contribution >= 0.6 is 0 Å². The maximum absolute atomic E-state index is 8.87. The van der Waals surface area contributed by atoms with Gasteiger partial charge in [-0.1, -0.05) is 0 Å². The monoisotopic (exact) mass is 235 g/mol. The molecule has 0 radical (unpaired) electrons. The molecule has 0 atom stereocenters. The van der Waals surface area contributed by atoms with Crippen molar-refractivity contribution >= 4 is 16.9 Å². The van der Waals surface area contributed by atoms with Gasteiger partial charge in [-0.05, 0) is 20.8 Å². The van der Waals surface area contributed by atoms with E-state index in [-0.39, 0.29) is 6.61 Å². The Morgan fingerprint density at radius 3 is 2.71 bits per heavy atom. The fourth-order valence-corrected chi connectivity index (χ4v) is 1.87. The smallest absolute Gasteiger partial charge is 0.156 e. The summed E-state index contributed by atoms with van der Waals surface area (Å²) in [6, 6.07) is 0. The molecule has 6 nitrogen and oxygen atoms in total. The molecule has 0 aliphatic carbocycles. The van der Waals surface area contributed by atoms with Gasteiger partial charge in [-0.3, -0.25) is 4.68 Å². The van der Waals surface area contributed by atoms with Crippen LogP contribution in [0.25, 0.3) is 11.0 Å². The third-order valence-corrected chi connectivity index (χ3v) is 2.57. The molecule has 0 aliphatic rings. The highest BCUT2D eigenvalue weighted by Crippen LogP contribution is 2.22. The van der Waals surface area contributed by atoms with Crippen LogP contribution in [0.1, 0.15) is 18.4 Å². The number of rotatable bonds is 4. The van der Waals surface area contributed by atoms with Crippen LogP contribution in [0.5, 0.6) is 0 Å². The number of nitrogens with zero attached hydrogens (tertiary/aromatic N) is 4. The van der Waals surface area contributed by atoms with Gasteiger partial charge in [0.05, 0.1) is 12.3 Å². The Bertz CT molecular complexity index is 534. The van der Waals surface area contributed by atoms with Crippen LogP contribution in [0, 0.1) is 13.8 Å². The van der Waals surface area contributed by atoms with Crippen LogP contribution in [0.2, 0.25) is 0 Å². The van der Waals surface area contributed by atoms with Gasteiger partial charge in [0.25, 0.3) is 0 Å². The molecule has 0 unspecified atom stereocenters. The molecule has 0 bridgehead atoms. The van der Waals surface area contributed by atoms with Crippen molar-refractivity contribution in [3.63, 3.8) is 0 Å². The Hall–Kier alpha value is -1.69. The van der Waals surface area contributed by atoms with Gasteiger partial charge in [-0.2, -0.15) is 5.10 Å². The van der Waals surface area contributed by atoms with E-state index >= 15 is 0 Å². The molecule has 0 spiro atoms. The first-order chi connectivity index (χ1) is 8.17. The number of anilines is 1. The molecule has 6 heteroatoms. The maximum Gasteiger partial charge on any atom is 0.156 e. The summed E-state index contributed by atoms with van der Waals surface area (Å²) in [5.74, 6) is 1.45. The Labute approximate surface area is 99.7 Å². The van der Waals surface area contributed by atoms with Gasteiger partial charge in [0.2, 0.25) is 0 Å². The van der Waals surface area contributed by atoms with Gasteiger partial charge in [0.1, 0.15) is 16.9 Å².